The van der Waals surface area contributed by atoms with Crippen LogP contribution in [0.2, 0.25) is 0 Å². The first-order valence-electron chi connectivity index (χ1n) is 5.75. The van der Waals surface area contributed by atoms with E-state index in [1.807, 2.05) is 20.1 Å². The van der Waals surface area contributed by atoms with E-state index in [2.05, 4.69) is 5.32 Å². The molecule has 18 heavy (non-hydrogen) atoms. The lowest BCUT2D eigenvalue weighted by Crippen LogP contribution is -2.62. The van der Waals surface area contributed by atoms with Gasteiger partial charge in [-0.2, -0.15) is 24.9 Å². The fourth-order valence-electron chi connectivity index (χ4n) is 1.41. The van der Waals surface area contributed by atoms with Crippen molar-refractivity contribution in [2.75, 3.05) is 12.8 Å². The SMILES string of the molecule is CCC(CC)(CNC(=O)C(C)(N)C(F)(F)F)SC. The predicted molar refractivity (Wildman–Crippen MR) is 68.5 cm³/mol. The zero-order valence-corrected chi connectivity index (χ0v) is 12.0. The molecule has 0 rings (SSSR count). The Kier molecular flexibility index (Phi) is 6.00. The molecular formula is C11H21F3N2OS. The van der Waals surface area contributed by atoms with Crippen molar-refractivity contribution in [1.82, 2.24) is 5.32 Å². The fraction of sp³-hybridized carbons (Fsp3) is 0.909. The lowest BCUT2D eigenvalue weighted by Gasteiger charge is -2.32. The standard InChI is InChI=1S/C11H21F3N2OS/c1-5-10(6-2,18-4)7-16-8(17)9(3,15)11(12,13)14/h5-7,15H2,1-4H3,(H,16,17). The number of hydrogen-bond donors (Lipinski definition) is 2. The molecule has 3 N–H and O–H groups in total. The van der Waals surface area contributed by atoms with E-state index in [9.17, 15) is 18.0 Å². The Morgan fingerprint density at radius 1 is 1.28 bits per heavy atom. The van der Waals surface area contributed by atoms with E-state index in [0.29, 0.717) is 6.92 Å². The van der Waals surface area contributed by atoms with Crippen LogP contribution < -0.4 is 11.1 Å². The maximum absolute atomic E-state index is 12.6. The third-order valence-electron chi connectivity index (χ3n) is 3.35. The third-order valence-corrected chi connectivity index (χ3v) is 4.94. The first kappa shape index (κ1) is 17.6. The van der Waals surface area contributed by atoms with Crippen molar-refractivity contribution in [1.29, 1.82) is 0 Å². The highest BCUT2D eigenvalue weighted by atomic mass is 32.2. The maximum atomic E-state index is 12.6. The molecule has 0 radical (unpaired) electrons. The Hall–Kier alpha value is -0.430. The number of alkyl halides is 3. The summed E-state index contributed by atoms with van der Waals surface area (Å²) in [5.41, 5.74) is 2.20. The number of nitrogens with two attached hydrogens (primary N) is 1. The van der Waals surface area contributed by atoms with Gasteiger partial charge in [-0.15, -0.1) is 0 Å². The van der Waals surface area contributed by atoms with E-state index in [1.54, 1.807) is 11.8 Å². The van der Waals surface area contributed by atoms with Crippen molar-refractivity contribution < 1.29 is 18.0 Å². The Labute approximate surface area is 110 Å². The molecule has 7 heteroatoms. The summed E-state index contributed by atoms with van der Waals surface area (Å²) in [5, 5.41) is 2.32. The number of carbonyl (C=O) groups excluding carboxylic acids is 1. The van der Waals surface area contributed by atoms with Gasteiger partial charge in [0.05, 0.1) is 0 Å². The summed E-state index contributed by atoms with van der Waals surface area (Å²) in [6.45, 7) is 4.75. The van der Waals surface area contributed by atoms with Crippen LogP contribution in [0, 0.1) is 0 Å². The zero-order chi connectivity index (χ0) is 14.6. The van der Waals surface area contributed by atoms with E-state index in [4.69, 9.17) is 5.73 Å². The number of hydrogen-bond acceptors (Lipinski definition) is 3. The molecular weight excluding hydrogens is 265 g/mol. The minimum atomic E-state index is -4.75. The van der Waals surface area contributed by atoms with Crippen molar-refractivity contribution in [3.63, 3.8) is 0 Å². The fourth-order valence-corrected chi connectivity index (χ4v) is 2.21. The van der Waals surface area contributed by atoms with Crippen LogP contribution in [-0.2, 0) is 4.79 Å². The monoisotopic (exact) mass is 286 g/mol. The molecule has 1 amide bonds. The summed E-state index contributed by atoms with van der Waals surface area (Å²) in [6, 6.07) is 0. The van der Waals surface area contributed by atoms with Crippen molar-refractivity contribution in [3.05, 3.63) is 0 Å². The van der Waals surface area contributed by atoms with Crippen LogP contribution in [0.5, 0.6) is 0 Å². The summed E-state index contributed by atoms with van der Waals surface area (Å²) >= 11 is 1.54. The number of halogens is 3. The van der Waals surface area contributed by atoms with Gasteiger partial charge in [-0.05, 0) is 26.0 Å². The molecule has 1 atom stereocenters. The zero-order valence-electron chi connectivity index (χ0n) is 11.1. The Bertz CT molecular complexity index is 280. The molecule has 1 unspecified atom stereocenters. The molecule has 0 spiro atoms. The molecule has 0 bridgehead atoms. The van der Waals surface area contributed by atoms with Crippen LogP contribution in [0.15, 0.2) is 0 Å². The molecule has 3 nitrogen and oxygen atoms in total. The Morgan fingerprint density at radius 3 is 2.00 bits per heavy atom. The minimum absolute atomic E-state index is 0.183. The van der Waals surface area contributed by atoms with Crippen LogP contribution in [0.25, 0.3) is 0 Å². The molecule has 0 saturated carbocycles. The first-order valence-corrected chi connectivity index (χ1v) is 6.98. The molecule has 0 aromatic carbocycles. The van der Waals surface area contributed by atoms with Crippen molar-refractivity contribution >= 4 is 17.7 Å². The van der Waals surface area contributed by atoms with Gasteiger partial charge >= 0.3 is 6.18 Å². The van der Waals surface area contributed by atoms with E-state index >= 15 is 0 Å². The van der Waals surface area contributed by atoms with Crippen LogP contribution in [-0.4, -0.2) is 35.2 Å². The van der Waals surface area contributed by atoms with Crippen LogP contribution in [0.1, 0.15) is 33.6 Å². The van der Waals surface area contributed by atoms with Gasteiger partial charge in [-0.3, -0.25) is 4.79 Å². The number of nitrogens with one attached hydrogen (secondary N) is 1. The number of thioether (sulfide) groups is 1. The van der Waals surface area contributed by atoms with Crippen LogP contribution in [0.4, 0.5) is 13.2 Å². The molecule has 0 aromatic rings. The normalized spacial score (nSPS) is 16.2. The predicted octanol–water partition coefficient (Wildman–Crippen LogP) is 2.30. The van der Waals surface area contributed by atoms with E-state index in [0.717, 1.165) is 12.8 Å². The molecule has 0 saturated heterocycles. The van der Waals surface area contributed by atoms with Gasteiger partial charge in [0.15, 0.2) is 5.54 Å². The van der Waals surface area contributed by atoms with Gasteiger partial charge in [0.1, 0.15) is 0 Å². The van der Waals surface area contributed by atoms with Crippen molar-refractivity contribution in [2.24, 2.45) is 5.73 Å². The molecule has 0 fully saturated rings. The topological polar surface area (TPSA) is 55.1 Å². The Balaban J connectivity index is 4.70. The molecule has 0 aliphatic carbocycles. The highest BCUT2D eigenvalue weighted by Gasteiger charge is 2.54. The average molecular weight is 286 g/mol. The van der Waals surface area contributed by atoms with Gasteiger partial charge in [-0.25, -0.2) is 0 Å². The second-order valence-electron chi connectivity index (χ2n) is 4.48. The van der Waals surface area contributed by atoms with Gasteiger partial charge in [0, 0.05) is 11.3 Å². The quantitative estimate of drug-likeness (QED) is 0.788. The Morgan fingerprint density at radius 2 is 1.72 bits per heavy atom. The molecule has 108 valence electrons. The van der Waals surface area contributed by atoms with E-state index in [1.165, 1.54) is 0 Å². The molecule has 0 aliphatic rings. The lowest BCUT2D eigenvalue weighted by atomic mass is 9.99. The maximum Gasteiger partial charge on any atom is 0.415 e. The number of carbonyl (C=O) groups is 1. The lowest BCUT2D eigenvalue weighted by molar-refractivity contribution is -0.187. The van der Waals surface area contributed by atoms with E-state index < -0.39 is 17.6 Å². The highest BCUT2D eigenvalue weighted by molar-refractivity contribution is 8.00. The number of amides is 1. The average Bonchev–Trinajstić information content (AvgIpc) is 2.29. The second kappa shape index (κ2) is 6.14. The largest absolute Gasteiger partial charge is 0.415 e. The molecule has 0 aliphatic heterocycles. The first-order chi connectivity index (χ1) is 8.06. The van der Waals surface area contributed by atoms with Crippen LogP contribution in [0.3, 0.4) is 0 Å². The van der Waals surface area contributed by atoms with Crippen molar-refractivity contribution in [3.8, 4) is 0 Å². The molecule has 0 heterocycles. The van der Waals surface area contributed by atoms with Gasteiger partial charge in [0.2, 0.25) is 5.91 Å². The van der Waals surface area contributed by atoms with Gasteiger partial charge in [0.25, 0.3) is 0 Å². The van der Waals surface area contributed by atoms with Crippen LogP contribution >= 0.6 is 11.8 Å². The van der Waals surface area contributed by atoms with E-state index in [-0.39, 0.29) is 11.3 Å². The molecule has 0 aromatic heterocycles. The summed E-state index contributed by atoms with van der Waals surface area (Å²) in [7, 11) is 0. The summed E-state index contributed by atoms with van der Waals surface area (Å²) in [5.74, 6) is -1.18. The third kappa shape index (κ3) is 3.78. The smallest absolute Gasteiger partial charge is 0.353 e. The number of rotatable bonds is 6. The second-order valence-corrected chi connectivity index (χ2v) is 5.75. The minimum Gasteiger partial charge on any atom is -0.353 e. The highest BCUT2D eigenvalue weighted by Crippen LogP contribution is 2.31. The summed E-state index contributed by atoms with van der Waals surface area (Å²) < 4.78 is 37.4. The summed E-state index contributed by atoms with van der Waals surface area (Å²) in [6.07, 6.45) is -1.35. The van der Waals surface area contributed by atoms with Gasteiger partial charge in [-0.1, -0.05) is 13.8 Å². The summed E-state index contributed by atoms with van der Waals surface area (Å²) in [4.78, 5) is 11.5. The van der Waals surface area contributed by atoms with Crippen molar-refractivity contribution in [2.45, 2.75) is 50.1 Å². The van der Waals surface area contributed by atoms with Gasteiger partial charge < -0.3 is 11.1 Å².